The van der Waals surface area contributed by atoms with Crippen LogP contribution in [0.15, 0.2) is 83.1 Å². The molecule has 4 rings (SSSR count). The van der Waals surface area contributed by atoms with Crippen molar-refractivity contribution in [2.45, 2.75) is 12.3 Å². The van der Waals surface area contributed by atoms with E-state index in [0.29, 0.717) is 38.4 Å². The van der Waals surface area contributed by atoms with Gasteiger partial charge in [0.25, 0.3) is 0 Å². The number of hydrogen-bond donors (Lipinski definition) is 2. The molecule has 2 heterocycles. The van der Waals surface area contributed by atoms with Gasteiger partial charge >= 0.3 is 0 Å². The Labute approximate surface area is 197 Å². The van der Waals surface area contributed by atoms with Gasteiger partial charge in [-0.15, -0.1) is 0 Å². The molecule has 9 heteroatoms. The zero-order chi connectivity index (χ0) is 24.1. The fourth-order valence-electron chi connectivity index (χ4n) is 3.61. The van der Waals surface area contributed by atoms with Crippen LogP contribution < -0.4 is 15.9 Å². The zero-order valence-electron chi connectivity index (χ0n) is 18.5. The molecule has 0 atom stereocenters. The maximum atomic E-state index is 13.4. The Kier molecular flexibility index (Phi) is 6.76. The second-order valence-corrected chi connectivity index (χ2v) is 9.49. The zero-order valence-corrected chi connectivity index (χ0v) is 19.3. The van der Waals surface area contributed by atoms with Crippen LogP contribution in [0, 0.1) is 0 Å². The lowest BCUT2D eigenvalue weighted by molar-refractivity contribution is 0.580. The summed E-state index contributed by atoms with van der Waals surface area (Å²) in [5.74, 6) is -0.249. The average Bonchev–Trinajstić information content (AvgIpc) is 2.98. The molecule has 0 amide bonds. The van der Waals surface area contributed by atoms with Crippen molar-refractivity contribution < 1.29 is 8.42 Å². The summed E-state index contributed by atoms with van der Waals surface area (Å²) >= 11 is 0. The maximum Gasteiger partial charge on any atom is 0.216 e. The number of pyridine rings is 2. The van der Waals surface area contributed by atoms with Crippen molar-refractivity contribution >= 4 is 43.5 Å². The third-order valence-corrected chi connectivity index (χ3v) is 6.63. The molecule has 0 saturated carbocycles. The van der Waals surface area contributed by atoms with Crippen LogP contribution in [-0.2, 0) is 22.3 Å². The standard InChI is InChI=1S/C25H23N5O3S/c1-27-14-21(12-26)20-11-23-24(29-15-20)5-4-19-3-2-18(10-22(19)25(23)31)16-34(32,33)30-13-17-6-8-28-9-7-17/h2-12,14-15,30H,13,16,26H2,1H3. The largest absolute Gasteiger partial charge is 0.404 e. The summed E-state index contributed by atoms with van der Waals surface area (Å²) in [5, 5.41) is 1.52. The number of aromatic nitrogens is 2. The third kappa shape index (κ3) is 5.16. The Morgan fingerprint density at radius 1 is 1.06 bits per heavy atom. The molecule has 2 aromatic carbocycles. The van der Waals surface area contributed by atoms with Crippen molar-refractivity contribution in [2.24, 2.45) is 10.7 Å². The highest BCUT2D eigenvalue weighted by atomic mass is 32.2. The van der Waals surface area contributed by atoms with Crippen LogP contribution in [0.3, 0.4) is 0 Å². The van der Waals surface area contributed by atoms with E-state index in [9.17, 15) is 13.2 Å². The van der Waals surface area contributed by atoms with Gasteiger partial charge < -0.3 is 5.73 Å². The first-order chi connectivity index (χ1) is 16.4. The van der Waals surface area contributed by atoms with Gasteiger partial charge in [-0.25, -0.2) is 13.1 Å². The van der Waals surface area contributed by atoms with Crippen molar-refractivity contribution in [1.29, 1.82) is 0 Å². The number of sulfonamides is 1. The lowest BCUT2D eigenvalue weighted by Crippen LogP contribution is -2.24. The van der Waals surface area contributed by atoms with E-state index in [2.05, 4.69) is 19.7 Å². The smallest absolute Gasteiger partial charge is 0.216 e. The van der Waals surface area contributed by atoms with Crippen molar-refractivity contribution in [1.82, 2.24) is 14.7 Å². The van der Waals surface area contributed by atoms with Crippen molar-refractivity contribution in [3.8, 4) is 0 Å². The predicted molar refractivity (Wildman–Crippen MR) is 136 cm³/mol. The average molecular weight is 474 g/mol. The van der Waals surface area contributed by atoms with Crippen LogP contribution in [-0.4, -0.2) is 31.6 Å². The van der Waals surface area contributed by atoms with Crippen LogP contribution in [0.1, 0.15) is 16.7 Å². The number of benzene rings is 1. The summed E-state index contributed by atoms with van der Waals surface area (Å²) < 4.78 is 27.9. The van der Waals surface area contributed by atoms with Gasteiger partial charge in [0.1, 0.15) is 0 Å². The van der Waals surface area contributed by atoms with Crippen LogP contribution in [0.4, 0.5) is 0 Å². The Hall–Kier alpha value is -3.95. The summed E-state index contributed by atoms with van der Waals surface area (Å²) in [7, 11) is -1.99. The first-order valence-corrected chi connectivity index (χ1v) is 12.1. The molecule has 0 unspecified atom stereocenters. The molecule has 8 nitrogen and oxygen atoms in total. The van der Waals surface area contributed by atoms with Gasteiger partial charge in [0.15, 0.2) is 5.43 Å². The van der Waals surface area contributed by atoms with Gasteiger partial charge in [0, 0.05) is 66.5 Å². The van der Waals surface area contributed by atoms with Crippen molar-refractivity contribution in [2.75, 3.05) is 7.05 Å². The Morgan fingerprint density at radius 3 is 2.56 bits per heavy atom. The number of rotatable bonds is 7. The number of allylic oxidation sites excluding steroid dienone is 1. The van der Waals surface area contributed by atoms with E-state index in [4.69, 9.17) is 5.73 Å². The Morgan fingerprint density at radius 2 is 1.82 bits per heavy atom. The lowest BCUT2D eigenvalue weighted by atomic mass is 10.1. The summed E-state index contributed by atoms with van der Waals surface area (Å²) in [5.41, 5.74) is 8.61. The monoisotopic (exact) mass is 473 g/mol. The van der Waals surface area contributed by atoms with E-state index < -0.39 is 10.0 Å². The summed E-state index contributed by atoms with van der Waals surface area (Å²) in [4.78, 5) is 25.8. The fourth-order valence-corrected chi connectivity index (χ4v) is 4.72. The van der Waals surface area contributed by atoms with Crippen molar-refractivity contribution in [3.63, 3.8) is 0 Å². The molecular formula is C25H23N5O3S. The first kappa shape index (κ1) is 23.2. The van der Waals surface area contributed by atoms with E-state index >= 15 is 0 Å². The number of nitrogens with zero attached hydrogens (tertiary/aromatic N) is 3. The van der Waals surface area contributed by atoms with E-state index in [0.717, 1.165) is 5.56 Å². The molecule has 0 radical (unpaired) electrons. The van der Waals surface area contributed by atoms with Crippen LogP contribution >= 0.6 is 0 Å². The van der Waals surface area contributed by atoms with Crippen molar-refractivity contribution in [3.05, 3.63) is 100 Å². The highest BCUT2D eigenvalue weighted by molar-refractivity contribution is 7.88. The topological polar surface area (TPSA) is 127 Å². The van der Waals surface area contributed by atoms with Crippen LogP contribution in [0.5, 0.6) is 0 Å². The van der Waals surface area contributed by atoms with Gasteiger partial charge in [0.05, 0.1) is 11.3 Å². The molecule has 0 fully saturated rings. The summed E-state index contributed by atoms with van der Waals surface area (Å²) in [6, 6.07) is 13.9. The minimum Gasteiger partial charge on any atom is -0.404 e. The second kappa shape index (κ2) is 9.90. The van der Waals surface area contributed by atoms with Crippen LogP contribution in [0.25, 0.3) is 27.2 Å². The highest BCUT2D eigenvalue weighted by Crippen LogP contribution is 2.20. The molecule has 0 spiro atoms. The van der Waals surface area contributed by atoms with E-state index in [-0.39, 0.29) is 17.7 Å². The fraction of sp³-hybridized carbons (Fsp3) is 0.120. The molecule has 0 bridgehead atoms. The number of nitrogens with one attached hydrogen (secondary N) is 1. The molecular weight excluding hydrogens is 450 g/mol. The maximum absolute atomic E-state index is 13.4. The van der Waals surface area contributed by atoms with Gasteiger partial charge in [-0.2, -0.15) is 0 Å². The van der Waals surface area contributed by atoms with Gasteiger partial charge in [-0.05, 0) is 46.8 Å². The molecule has 34 heavy (non-hydrogen) atoms. The molecule has 3 N–H and O–H groups in total. The highest BCUT2D eigenvalue weighted by Gasteiger charge is 2.13. The Balaban J connectivity index is 1.72. The minimum atomic E-state index is -3.62. The minimum absolute atomic E-state index is 0.164. The second-order valence-electron chi connectivity index (χ2n) is 7.69. The molecule has 0 aliphatic heterocycles. The number of hydrogen-bond acceptors (Lipinski definition) is 7. The summed E-state index contributed by atoms with van der Waals surface area (Å²) in [6.45, 7) is 0.164. The molecule has 0 aliphatic rings. The Bertz CT molecular complexity index is 1580. The van der Waals surface area contributed by atoms with E-state index in [1.807, 2.05) is 0 Å². The molecule has 4 aromatic rings. The van der Waals surface area contributed by atoms with Gasteiger partial charge in [-0.1, -0.05) is 18.2 Å². The number of aliphatic imine (C=N–C) groups is 1. The van der Waals surface area contributed by atoms with E-state index in [1.54, 1.807) is 80.4 Å². The number of nitrogens with two attached hydrogens (primary N) is 1. The quantitative estimate of drug-likeness (QED) is 0.397. The third-order valence-electron chi connectivity index (χ3n) is 5.33. The SMILES string of the molecule is CN=CC(=CN)c1cnc2ccc3ccc(CS(=O)(=O)NCc4ccncc4)cc3c(=O)c2c1. The van der Waals surface area contributed by atoms with Gasteiger partial charge in [0.2, 0.25) is 10.0 Å². The molecule has 172 valence electrons. The molecule has 0 saturated heterocycles. The molecule has 2 aromatic heterocycles. The van der Waals surface area contributed by atoms with Crippen LogP contribution in [0.2, 0.25) is 0 Å². The predicted octanol–water partition coefficient (Wildman–Crippen LogP) is 2.76. The summed E-state index contributed by atoms with van der Waals surface area (Å²) in [6.07, 6.45) is 7.85. The van der Waals surface area contributed by atoms with Gasteiger partial charge in [-0.3, -0.25) is 19.8 Å². The lowest BCUT2D eigenvalue weighted by Gasteiger charge is -2.07. The first-order valence-electron chi connectivity index (χ1n) is 10.5. The number of fused-ring (bicyclic) bond motifs is 2. The molecule has 0 aliphatic carbocycles. The normalized spacial score (nSPS) is 12.6. The van der Waals surface area contributed by atoms with E-state index in [1.165, 1.54) is 6.20 Å².